The third-order valence-corrected chi connectivity index (χ3v) is 4.86. The van der Waals surface area contributed by atoms with Crippen LogP contribution < -0.4 is 0 Å². The molecule has 2 N–H and O–H groups in total. The van der Waals surface area contributed by atoms with E-state index in [4.69, 9.17) is 9.26 Å². The van der Waals surface area contributed by atoms with E-state index in [1.165, 1.54) is 0 Å². The van der Waals surface area contributed by atoms with Gasteiger partial charge in [0, 0.05) is 22.6 Å². The van der Waals surface area contributed by atoms with Crippen LogP contribution in [0.5, 0.6) is 0 Å². The van der Waals surface area contributed by atoms with Crippen molar-refractivity contribution in [1.82, 2.24) is 5.16 Å². The van der Waals surface area contributed by atoms with Gasteiger partial charge in [0.2, 0.25) is 0 Å². The Labute approximate surface area is 133 Å². The molecule has 0 spiro atoms. The SMILES string of the molecule is Cc1noc(-c2ccccc2)c1CSCC1OCC(O)C1O. The first-order valence-electron chi connectivity index (χ1n) is 7.23. The van der Waals surface area contributed by atoms with E-state index in [2.05, 4.69) is 5.16 Å². The van der Waals surface area contributed by atoms with E-state index < -0.39 is 12.2 Å². The molecule has 3 atom stereocenters. The first-order chi connectivity index (χ1) is 10.7. The summed E-state index contributed by atoms with van der Waals surface area (Å²) in [4.78, 5) is 0. The summed E-state index contributed by atoms with van der Waals surface area (Å²) < 4.78 is 10.8. The van der Waals surface area contributed by atoms with Gasteiger partial charge in [-0.3, -0.25) is 0 Å². The predicted octanol–water partition coefficient (Wildman–Crippen LogP) is 2.00. The van der Waals surface area contributed by atoms with Crippen LogP contribution in [0.4, 0.5) is 0 Å². The maximum absolute atomic E-state index is 9.78. The fourth-order valence-electron chi connectivity index (χ4n) is 2.47. The molecule has 1 aromatic heterocycles. The smallest absolute Gasteiger partial charge is 0.171 e. The maximum Gasteiger partial charge on any atom is 0.171 e. The summed E-state index contributed by atoms with van der Waals surface area (Å²) >= 11 is 1.64. The lowest BCUT2D eigenvalue weighted by Crippen LogP contribution is -2.31. The van der Waals surface area contributed by atoms with Crippen LogP contribution in [0.2, 0.25) is 0 Å². The number of aryl methyl sites for hydroxylation is 1. The Hall–Kier alpha value is -1.34. The minimum absolute atomic E-state index is 0.202. The summed E-state index contributed by atoms with van der Waals surface area (Å²) in [5, 5.41) is 23.3. The zero-order chi connectivity index (χ0) is 15.5. The number of nitrogens with zero attached hydrogens (tertiary/aromatic N) is 1. The zero-order valence-corrected chi connectivity index (χ0v) is 13.1. The number of hydrogen-bond acceptors (Lipinski definition) is 6. The van der Waals surface area contributed by atoms with Crippen LogP contribution in [0.3, 0.4) is 0 Å². The summed E-state index contributed by atoms with van der Waals surface area (Å²) in [6.07, 6.45) is -1.90. The van der Waals surface area contributed by atoms with Gasteiger partial charge in [-0.25, -0.2) is 0 Å². The van der Waals surface area contributed by atoms with Crippen molar-refractivity contribution in [2.75, 3.05) is 12.4 Å². The molecule has 0 saturated carbocycles. The summed E-state index contributed by atoms with van der Waals surface area (Å²) in [6.45, 7) is 2.13. The molecule has 22 heavy (non-hydrogen) atoms. The van der Waals surface area contributed by atoms with E-state index in [9.17, 15) is 10.2 Å². The monoisotopic (exact) mass is 321 g/mol. The lowest BCUT2D eigenvalue weighted by Gasteiger charge is -2.14. The number of aromatic nitrogens is 1. The molecular formula is C16H19NO4S. The van der Waals surface area contributed by atoms with Crippen LogP contribution >= 0.6 is 11.8 Å². The molecule has 5 nitrogen and oxygen atoms in total. The van der Waals surface area contributed by atoms with Crippen LogP contribution in [-0.4, -0.2) is 46.0 Å². The van der Waals surface area contributed by atoms with Crippen LogP contribution in [0.1, 0.15) is 11.3 Å². The van der Waals surface area contributed by atoms with E-state index >= 15 is 0 Å². The first kappa shape index (κ1) is 15.6. The Morgan fingerprint density at radius 2 is 2.05 bits per heavy atom. The molecular weight excluding hydrogens is 302 g/mol. The van der Waals surface area contributed by atoms with Crippen LogP contribution in [0.25, 0.3) is 11.3 Å². The fraction of sp³-hybridized carbons (Fsp3) is 0.438. The van der Waals surface area contributed by atoms with Crippen molar-refractivity contribution in [3.63, 3.8) is 0 Å². The van der Waals surface area contributed by atoms with Gasteiger partial charge in [0.1, 0.15) is 12.2 Å². The fourth-order valence-corrected chi connectivity index (χ4v) is 3.65. The quantitative estimate of drug-likeness (QED) is 0.877. The molecule has 3 unspecified atom stereocenters. The van der Waals surface area contributed by atoms with Crippen LogP contribution in [0, 0.1) is 6.92 Å². The Balaban J connectivity index is 1.65. The molecule has 0 aliphatic carbocycles. The Morgan fingerprint density at radius 3 is 2.73 bits per heavy atom. The molecule has 1 fully saturated rings. The average molecular weight is 321 g/mol. The number of ether oxygens (including phenoxy) is 1. The number of hydrogen-bond donors (Lipinski definition) is 2. The summed E-state index contributed by atoms with van der Waals surface area (Å²) in [5.74, 6) is 2.14. The van der Waals surface area contributed by atoms with Crippen molar-refractivity contribution in [1.29, 1.82) is 0 Å². The minimum Gasteiger partial charge on any atom is -0.388 e. The second-order valence-electron chi connectivity index (χ2n) is 5.39. The molecule has 118 valence electrons. The summed E-state index contributed by atoms with van der Waals surface area (Å²) in [5.41, 5.74) is 2.94. The standard InChI is InChI=1S/C16H19NO4S/c1-10-12(8-22-9-14-15(19)13(18)7-20-14)16(21-17-10)11-5-3-2-4-6-11/h2-6,13-15,18-19H,7-9H2,1H3. The minimum atomic E-state index is -0.801. The molecule has 1 saturated heterocycles. The van der Waals surface area contributed by atoms with Gasteiger partial charge in [-0.2, -0.15) is 11.8 Å². The molecule has 3 rings (SSSR count). The van der Waals surface area contributed by atoms with Gasteiger partial charge >= 0.3 is 0 Å². The summed E-state index contributed by atoms with van der Waals surface area (Å²) in [7, 11) is 0. The largest absolute Gasteiger partial charge is 0.388 e. The molecule has 1 aromatic carbocycles. The normalized spacial score (nSPS) is 24.8. The number of aliphatic hydroxyl groups is 2. The first-order valence-corrected chi connectivity index (χ1v) is 8.38. The molecule has 0 radical (unpaired) electrons. The highest BCUT2D eigenvalue weighted by Gasteiger charge is 2.34. The lowest BCUT2D eigenvalue weighted by molar-refractivity contribution is 0.0337. The third-order valence-electron chi connectivity index (χ3n) is 3.81. The van der Waals surface area contributed by atoms with Crippen molar-refractivity contribution in [2.24, 2.45) is 0 Å². The van der Waals surface area contributed by atoms with E-state index in [0.717, 1.165) is 28.3 Å². The van der Waals surface area contributed by atoms with Gasteiger partial charge in [-0.05, 0) is 6.92 Å². The molecule has 1 aliphatic heterocycles. The number of aliphatic hydroxyl groups excluding tert-OH is 2. The topological polar surface area (TPSA) is 75.7 Å². The van der Waals surface area contributed by atoms with Crippen molar-refractivity contribution in [3.8, 4) is 11.3 Å². The van der Waals surface area contributed by atoms with Gasteiger partial charge in [0.05, 0.1) is 18.4 Å². The summed E-state index contributed by atoms with van der Waals surface area (Å²) in [6, 6.07) is 9.89. The van der Waals surface area contributed by atoms with Crippen LogP contribution in [-0.2, 0) is 10.5 Å². The van der Waals surface area contributed by atoms with E-state index in [0.29, 0.717) is 5.75 Å². The Morgan fingerprint density at radius 1 is 1.27 bits per heavy atom. The molecule has 0 amide bonds. The van der Waals surface area contributed by atoms with Crippen molar-refractivity contribution in [3.05, 3.63) is 41.6 Å². The van der Waals surface area contributed by atoms with Gasteiger partial charge in [0.25, 0.3) is 0 Å². The molecule has 2 heterocycles. The van der Waals surface area contributed by atoms with Crippen molar-refractivity contribution >= 4 is 11.8 Å². The third kappa shape index (κ3) is 3.20. The molecule has 0 bridgehead atoms. The second-order valence-corrected chi connectivity index (χ2v) is 6.42. The maximum atomic E-state index is 9.78. The average Bonchev–Trinajstić information content (AvgIpc) is 3.06. The van der Waals surface area contributed by atoms with E-state index in [1.54, 1.807) is 11.8 Å². The van der Waals surface area contributed by atoms with E-state index in [-0.39, 0.29) is 12.7 Å². The van der Waals surface area contributed by atoms with E-state index in [1.807, 2.05) is 37.3 Å². The van der Waals surface area contributed by atoms with Gasteiger partial charge in [0.15, 0.2) is 5.76 Å². The van der Waals surface area contributed by atoms with Gasteiger partial charge in [-0.1, -0.05) is 35.5 Å². The highest BCUT2D eigenvalue weighted by Crippen LogP contribution is 2.30. The second kappa shape index (κ2) is 6.83. The van der Waals surface area contributed by atoms with Crippen molar-refractivity contribution < 1.29 is 19.5 Å². The van der Waals surface area contributed by atoms with Gasteiger partial charge in [-0.15, -0.1) is 0 Å². The number of rotatable bonds is 5. The molecule has 6 heteroatoms. The highest BCUT2D eigenvalue weighted by molar-refractivity contribution is 7.98. The predicted molar refractivity (Wildman–Crippen MR) is 84.6 cm³/mol. The van der Waals surface area contributed by atoms with Gasteiger partial charge < -0.3 is 19.5 Å². The molecule has 1 aliphatic rings. The van der Waals surface area contributed by atoms with Crippen LogP contribution in [0.15, 0.2) is 34.9 Å². The Bertz CT molecular complexity index is 616. The number of benzene rings is 1. The zero-order valence-electron chi connectivity index (χ0n) is 12.3. The van der Waals surface area contributed by atoms with Crippen molar-refractivity contribution in [2.45, 2.75) is 31.0 Å². The lowest BCUT2D eigenvalue weighted by atomic mass is 10.1. The number of thioether (sulfide) groups is 1. The Kier molecular flexibility index (Phi) is 4.83. The highest BCUT2D eigenvalue weighted by atomic mass is 32.2. The molecule has 2 aromatic rings.